The number of ketones is 1. The number of Topliss-reactive ketones (excluding diaryl/α,β-unsaturated/α-hetero) is 1. The molecule has 1 aliphatic heterocycles. The SMILES string of the molecule is O=C(COc1ccc(Cl)cc1Cl)c1ccc2c(c1)OCCCO2. The summed E-state index contributed by atoms with van der Waals surface area (Å²) in [5, 5.41) is 0.875. The molecule has 0 saturated heterocycles. The lowest BCUT2D eigenvalue weighted by atomic mass is 10.1. The Morgan fingerprint density at radius 1 is 1.04 bits per heavy atom. The molecule has 0 unspecified atom stereocenters. The van der Waals surface area contributed by atoms with Gasteiger partial charge in [-0.1, -0.05) is 23.2 Å². The molecular weight excluding hydrogens is 339 g/mol. The van der Waals surface area contributed by atoms with Gasteiger partial charge in [-0.25, -0.2) is 0 Å². The van der Waals surface area contributed by atoms with Crippen LogP contribution in [0.15, 0.2) is 36.4 Å². The number of carbonyl (C=O) groups is 1. The summed E-state index contributed by atoms with van der Waals surface area (Å²) in [5.41, 5.74) is 0.499. The molecule has 0 amide bonds. The summed E-state index contributed by atoms with van der Waals surface area (Å²) in [6.45, 7) is 1.06. The molecule has 0 fully saturated rings. The molecule has 1 heterocycles. The van der Waals surface area contributed by atoms with Gasteiger partial charge in [0.25, 0.3) is 0 Å². The van der Waals surface area contributed by atoms with Crippen molar-refractivity contribution in [3.8, 4) is 17.2 Å². The number of carbonyl (C=O) groups excluding carboxylic acids is 1. The first-order valence-corrected chi connectivity index (χ1v) is 7.90. The van der Waals surface area contributed by atoms with E-state index in [9.17, 15) is 4.79 Å². The van der Waals surface area contributed by atoms with Crippen LogP contribution in [-0.4, -0.2) is 25.6 Å². The maximum atomic E-state index is 12.3. The van der Waals surface area contributed by atoms with Gasteiger partial charge in [0.05, 0.1) is 18.2 Å². The Morgan fingerprint density at radius 3 is 2.61 bits per heavy atom. The van der Waals surface area contributed by atoms with Gasteiger partial charge in [-0.2, -0.15) is 0 Å². The van der Waals surface area contributed by atoms with Crippen molar-refractivity contribution in [3.63, 3.8) is 0 Å². The molecule has 0 radical (unpaired) electrons. The van der Waals surface area contributed by atoms with Crippen molar-refractivity contribution in [1.29, 1.82) is 0 Å². The molecule has 2 aromatic rings. The highest BCUT2D eigenvalue weighted by molar-refractivity contribution is 6.35. The van der Waals surface area contributed by atoms with Gasteiger partial charge < -0.3 is 14.2 Å². The fourth-order valence-corrected chi connectivity index (χ4v) is 2.62. The highest BCUT2D eigenvalue weighted by atomic mass is 35.5. The lowest BCUT2D eigenvalue weighted by molar-refractivity contribution is 0.0921. The summed E-state index contributed by atoms with van der Waals surface area (Å²) in [5.74, 6) is 1.48. The normalized spacial score (nSPS) is 13.3. The van der Waals surface area contributed by atoms with Crippen LogP contribution in [0.5, 0.6) is 17.2 Å². The smallest absolute Gasteiger partial charge is 0.200 e. The van der Waals surface area contributed by atoms with E-state index < -0.39 is 0 Å². The average Bonchev–Trinajstić information content (AvgIpc) is 2.78. The van der Waals surface area contributed by atoms with Crippen LogP contribution in [0.1, 0.15) is 16.8 Å². The Bertz CT molecular complexity index is 731. The van der Waals surface area contributed by atoms with Crippen molar-refractivity contribution >= 4 is 29.0 Å². The molecule has 0 bridgehead atoms. The molecule has 3 rings (SSSR count). The van der Waals surface area contributed by atoms with E-state index in [-0.39, 0.29) is 12.4 Å². The van der Waals surface area contributed by atoms with Crippen molar-refractivity contribution in [3.05, 3.63) is 52.0 Å². The van der Waals surface area contributed by atoms with Crippen LogP contribution < -0.4 is 14.2 Å². The predicted molar refractivity (Wildman–Crippen MR) is 88.3 cm³/mol. The zero-order valence-electron chi connectivity index (χ0n) is 12.2. The van der Waals surface area contributed by atoms with Gasteiger partial charge in [0.15, 0.2) is 23.9 Å². The van der Waals surface area contributed by atoms with Crippen LogP contribution >= 0.6 is 23.2 Å². The van der Waals surface area contributed by atoms with E-state index in [4.69, 9.17) is 37.4 Å². The molecule has 0 aliphatic carbocycles. The Hall–Kier alpha value is -1.91. The van der Waals surface area contributed by atoms with E-state index >= 15 is 0 Å². The standard InChI is InChI=1S/C17H14Cl2O4/c18-12-3-5-15(13(19)9-12)23-10-14(20)11-2-4-16-17(8-11)22-7-1-6-21-16/h2-5,8-9H,1,6-7,10H2. The molecule has 0 atom stereocenters. The Morgan fingerprint density at radius 2 is 1.83 bits per heavy atom. The second-order valence-corrected chi connectivity index (χ2v) is 5.84. The molecule has 0 spiro atoms. The van der Waals surface area contributed by atoms with Crippen molar-refractivity contribution in [1.82, 2.24) is 0 Å². The van der Waals surface area contributed by atoms with E-state index in [2.05, 4.69) is 0 Å². The molecule has 0 saturated carbocycles. The Kier molecular flexibility index (Phi) is 4.94. The van der Waals surface area contributed by atoms with Crippen LogP contribution in [0.3, 0.4) is 0 Å². The fourth-order valence-electron chi connectivity index (χ4n) is 2.16. The summed E-state index contributed by atoms with van der Waals surface area (Å²) < 4.78 is 16.6. The number of fused-ring (bicyclic) bond motifs is 1. The number of halogens is 2. The summed E-state index contributed by atoms with van der Waals surface area (Å²) in [6.07, 6.45) is 0.816. The lowest BCUT2D eigenvalue weighted by Crippen LogP contribution is -2.12. The van der Waals surface area contributed by atoms with Crippen LogP contribution in [-0.2, 0) is 0 Å². The van der Waals surface area contributed by atoms with E-state index in [1.54, 1.807) is 36.4 Å². The third kappa shape index (κ3) is 3.89. The van der Waals surface area contributed by atoms with Crippen molar-refractivity contribution < 1.29 is 19.0 Å². The summed E-state index contributed by atoms with van der Waals surface area (Å²) in [6, 6.07) is 9.96. The molecular formula is C17H14Cl2O4. The van der Waals surface area contributed by atoms with Crippen LogP contribution in [0, 0.1) is 0 Å². The van der Waals surface area contributed by atoms with E-state index in [1.807, 2.05) is 0 Å². The first-order valence-electron chi connectivity index (χ1n) is 7.14. The molecule has 4 nitrogen and oxygen atoms in total. The maximum absolute atomic E-state index is 12.3. The van der Waals surface area contributed by atoms with E-state index in [0.717, 1.165) is 6.42 Å². The van der Waals surface area contributed by atoms with Crippen LogP contribution in [0.2, 0.25) is 10.0 Å². The van der Waals surface area contributed by atoms with Crippen molar-refractivity contribution in [2.24, 2.45) is 0 Å². The first-order chi connectivity index (χ1) is 11.1. The van der Waals surface area contributed by atoms with E-state index in [1.165, 1.54) is 0 Å². The van der Waals surface area contributed by atoms with Crippen LogP contribution in [0.4, 0.5) is 0 Å². The third-order valence-corrected chi connectivity index (χ3v) is 3.85. The molecule has 23 heavy (non-hydrogen) atoms. The molecule has 6 heteroatoms. The number of rotatable bonds is 4. The van der Waals surface area contributed by atoms with Crippen molar-refractivity contribution in [2.45, 2.75) is 6.42 Å². The highest BCUT2D eigenvalue weighted by Crippen LogP contribution is 2.31. The number of hydrogen-bond acceptors (Lipinski definition) is 4. The number of hydrogen-bond donors (Lipinski definition) is 0. The van der Waals surface area contributed by atoms with Crippen molar-refractivity contribution in [2.75, 3.05) is 19.8 Å². The second kappa shape index (κ2) is 7.11. The minimum absolute atomic E-state index is 0.124. The second-order valence-electron chi connectivity index (χ2n) is 5.00. The largest absolute Gasteiger partial charge is 0.490 e. The third-order valence-electron chi connectivity index (χ3n) is 3.32. The van der Waals surface area contributed by atoms with Gasteiger partial charge in [0, 0.05) is 17.0 Å². The molecule has 120 valence electrons. The highest BCUT2D eigenvalue weighted by Gasteiger charge is 2.15. The number of ether oxygens (including phenoxy) is 3. The molecule has 2 aromatic carbocycles. The van der Waals surface area contributed by atoms with Gasteiger partial charge in [0.1, 0.15) is 5.75 Å². The minimum atomic E-state index is -0.174. The predicted octanol–water partition coefficient (Wildman–Crippen LogP) is 4.42. The maximum Gasteiger partial charge on any atom is 0.200 e. The zero-order valence-corrected chi connectivity index (χ0v) is 13.7. The first kappa shape index (κ1) is 16.0. The lowest BCUT2D eigenvalue weighted by Gasteiger charge is -2.10. The Labute approximate surface area is 143 Å². The van der Waals surface area contributed by atoms with Gasteiger partial charge >= 0.3 is 0 Å². The van der Waals surface area contributed by atoms with Gasteiger partial charge in [-0.05, 0) is 36.4 Å². The quantitative estimate of drug-likeness (QED) is 0.764. The summed E-state index contributed by atoms with van der Waals surface area (Å²) in [7, 11) is 0. The molecule has 1 aliphatic rings. The molecule has 0 aromatic heterocycles. The van der Waals surface area contributed by atoms with Gasteiger partial charge in [0.2, 0.25) is 0 Å². The fraction of sp³-hybridized carbons (Fsp3) is 0.235. The van der Waals surface area contributed by atoms with Crippen LogP contribution in [0.25, 0.3) is 0 Å². The minimum Gasteiger partial charge on any atom is -0.490 e. The average molecular weight is 353 g/mol. The topological polar surface area (TPSA) is 44.8 Å². The Balaban J connectivity index is 1.69. The van der Waals surface area contributed by atoms with E-state index in [0.29, 0.717) is 46.1 Å². The zero-order chi connectivity index (χ0) is 16.2. The van der Waals surface area contributed by atoms with Gasteiger partial charge in [-0.15, -0.1) is 0 Å². The summed E-state index contributed by atoms with van der Waals surface area (Å²) >= 11 is 11.8. The molecule has 0 N–H and O–H groups in total. The number of benzene rings is 2. The van der Waals surface area contributed by atoms with Gasteiger partial charge in [-0.3, -0.25) is 4.79 Å². The monoisotopic (exact) mass is 352 g/mol. The summed E-state index contributed by atoms with van der Waals surface area (Å²) in [4.78, 5) is 12.3.